The van der Waals surface area contributed by atoms with Crippen LogP contribution in [0.25, 0.3) is 10.8 Å². The lowest BCUT2D eigenvalue weighted by molar-refractivity contribution is 0.381. The van der Waals surface area contributed by atoms with E-state index in [1.54, 1.807) is 14.2 Å². The van der Waals surface area contributed by atoms with Crippen LogP contribution in [0.3, 0.4) is 0 Å². The Morgan fingerprint density at radius 1 is 1.00 bits per heavy atom. The van der Waals surface area contributed by atoms with Gasteiger partial charge >= 0.3 is 0 Å². The fraction of sp³-hybridized carbons (Fsp3) is 0.444. The molecule has 3 heteroatoms. The average molecular weight is 285 g/mol. The van der Waals surface area contributed by atoms with Crippen molar-refractivity contribution in [1.29, 1.82) is 0 Å². The summed E-state index contributed by atoms with van der Waals surface area (Å²) in [6.07, 6.45) is 4.79. The van der Waals surface area contributed by atoms with E-state index < -0.39 is 0 Å². The predicted octanol–water partition coefficient (Wildman–Crippen LogP) is 3.63. The zero-order valence-corrected chi connectivity index (χ0v) is 12.8. The maximum atomic E-state index is 6.14. The van der Waals surface area contributed by atoms with E-state index in [1.807, 2.05) is 12.1 Å². The van der Waals surface area contributed by atoms with Gasteiger partial charge in [-0.25, -0.2) is 0 Å². The van der Waals surface area contributed by atoms with Gasteiger partial charge in [-0.05, 0) is 18.9 Å². The van der Waals surface area contributed by atoms with Crippen LogP contribution in [0.5, 0.6) is 11.5 Å². The zero-order chi connectivity index (χ0) is 14.9. The number of ether oxygens (including phenoxy) is 2. The maximum Gasteiger partial charge on any atom is 0.130 e. The fourth-order valence-corrected chi connectivity index (χ4v) is 3.75. The number of methoxy groups -OCH3 is 2. The first-order chi connectivity index (χ1) is 10.3. The molecule has 0 spiro atoms. The molecule has 2 aromatic rings. The SMILES string of the molecule is COc1cccc2c(OC)c(C3(CN)CCCC3)ccc12. The molecular weight excluding hydrogens is 262 g/mol. The Bertz CT molecular complexity index is 645. The summed E-state index contributed by atoms with van der Waals surface area (Å²) in [6, 6.07) is 10.4. The van der Waals surface area contributed by atoms with Crippen molar-refractivity contribution in [2.45, 2.75) is 31.1 Å². The molecule has 0 aliphatic heterocycles. The highest BCUT2D eigenvalue weighted by Crippen LogP contribution is 2.47. The second kappa shape index (κ2) is 5.57. The Morgan fingerprint density at radius 3 is 2.38 bits per heavy atom. The summed E-state index contributed by atoms with van der Waals surface area (Å²) in [5.74, 6) is 1.84. The van der Waals surface area contributed by atoms with E-state index in [4.69, 9.17) is 15.2 Å². The molecule has 0 aromatic heterocycles. The highest BCUT2D eigenvalue weighted by atomic mass is 16.5. The van der Waals surface area contributed by atoms with Crippen LogP contribution in [0, 0.1) is 0 Å². The number of benzene rings is 2. The molecule has 3 nitrogen and oxygen atoms in total. The van der Waals surface area contributed by atoms with Crippen molar-refractivity contribution in [3.05, 3.63) is 35.9 Å². The molecule has 1 aliphatic carbocycles. The molecule has 2 aromatic carbocycles. The van der Waals surface area contributed by atoms with Gasteiger partial charge in [0.15, 0.2) is 0 Å². The highest BCUT2D eigenvalue weighted by molar-refractivity contribution is 5.94. The number of nitrogens with two attached hydrogens (primary N) is 1. The Labute approximate surface area is 126 Å². The third-order valence-electron chi connectivity index (χ3n) is 4.92. The summed E-state index contributed by atoms with van der Waals surface area (Å²) in [5.41, 5.74) is 7.47. The molecule has 0 unspecified atom stereocenters. The number of hydrogen-bond donors (Lipinski definition) is 1. The van der Waals surface area contributed by atoms with Gasteiger partial charge < -0.3 is 15.2 Å². The molecule has 112 valence electrons. The molecule has 1 fully saturated rings. The third kappa shape index (κ3) is 2.16. The Hall–Kier alpha value is -1.74. The topological polar surface area (TPSA) is 44.5 Å². The summed E-state index contributed by atoms with van der Waals surface area (Å²) in [5, 5.41) is 2.19. The number of hydrogen-bond acceptors (Lipinski definition) is 3. The highest BCUT2D eigenvalue weighted by Gasteiger charge is 2.37. The normalized spacial score (nSPS) is 17.1. The van der Waals surface area contributed by atoms with Crippen LogP contribution in [0.15, 0.2) is 30.3 Å². The van der Waals surface area contributed by atoms with Gasteiger partial charge in [-0.3, -0.25) is 0 Å². The van der Waals surface area contributed by atoms with Crippen molar-refractivity contribution < 1.29 is 9.47 Å². The summed E-state index contributed by atoms with van der Waals surface area (Å²) in [6.45, 7) is 0.679. The molecule has 0 heterocycles. The molecule has 0 atom stereocenters. The minimum Gasteiger partial charge on any atom is -0.496 e. The molecule has 0 radical (unpaired) electrons. The monoisotopic (exact) mass is 285 g/mol. The number of rotatable bonds is 4. The van der Waals surface area contributed by atoms with Crippen LogP contribution >= 0.6 is 0 Å². The summed E-state index contributed by atoms with van der Waals surface area (Å²) >= 11 is 0. The second-order valence-electron chi connectivity index (χ2n) is 5.89. The molecule has 1 aliphatic rings. The fourth-order valence-electron chi connectivity index (χ4n) is 3.75. The predicted molar refractivity (Wildman–Crippen MR) is 86.3 cm³/mol. The Morgan fingerprint density at radius 2 is 1.76 bits per heavy atom. The van der Waals surface area contributed by atoms with Gasteiger partial charge in [0.2, 0.25) is 0 Å². The van der Waals surface area contributed by atoms with E-state index in [2.05, 4.69) is 18.2 Å². The first kappa shape index (κ1) is 14.2. The molecule has 0 amide bonds. The average Bonchev–Trinajstić information content (AvgIpc) is 3.03. The molecule has 2 N–H and O–H groups in total. The van der Waals surface area contributed by atoms with E-state index >= 15 is 0 Å². The lowest BCUT2D eigenvalue weighted by atomic mass is 9.77. The lowest BCUT2D eigenvalue weighted by Gasteiger charge is -2.30. The van der Waals surface area contributed by atoms with Gasteiger partial charge in [-0.15, -0.1) is 0 Å². The maximum absolute atomic E-state index is 6.14. The Balaban J connectivity index is 2.25. The second-order valence-corrected chi connectivity index (χ2v) is 5.89. The van der Waals surface area contributed by atoms with E-state index in [0.717, 1.165) is 35.1 Å². The van der Waals surface area contributed by atoms with E-state index in [0.29, 0.717) is 6.54 Å². The quantitative estimate of drug-likeness (QED) is 0.933. The van der Waals surface area contributed by atoms with Gasteiger partial charge in [0.05, 0.1) is 14.2 Å². The lowest BCUT2D eigenvalue weighted by Crippen LogP contribution is -2.32. The van der Waals surface area contributed by atoms with Gasteiger partial charge in [0.25, 0.3) is 0 Å². The minimum absolute atomic E-state index is 0.0720. The summed E-state index contributed by atoms with van der Waals surface area (Å²) in [7, 11) is 3.45. The number of fused-ring (bicyclic) bond motifs is 1. The van der Waals surface area contributed by atoms with Crippen molar-refractivity contribution in [1.82, 2.24) is 0 Å². The van der Waals surface area contributed by atoms with Crippen LogP contribution in [-0.4, -0.2) is 20.8 Å². The van der Waals surface area contributed by atoms with Crippen molar-refractivity contribution in [3.63, 3.8) is 0 Å². The van der Waals surface area contributed by atoms with E-state index in [9.17, 15) is 0 Å². The molecule has 21 heavy (non-hydrogen) atoms. The minimum atomic E-state index is 0.0720. The van der Waals surface area contributed by atoms with Crippen molar-refractivity contribution in [2.24, 2.45) is 5.73 Å². The first-order valence-electron chi connectivity index (χ1n) is 7.60. The van der Waals surface area contributed by atoms with Gasteiger partial charge in [0.1, 0.15) is 11.5 Å². The van der Waals surface area contributed by atoms with Crippen molar-refractivity contribution in [3.8, 4) is 11.5 Å². The zero-order valence-electron chi connectivity index (χ0n) is 12.8. The van der Waals surface area contributed by atoms with Gasteiger partial charge in [-0.2, -0.15) is 0 Å². The standard InChI is InChI=1S/C18H23NO2/c1-20-16-7-5-6-14-13(16)8-9-15(17(14)21-2)18(12-19)10-3-4-11-18/h5-9H,3-4,10-12,19H2,1-2H3. The summed E-state index contributed by atoms with van der Waals surface area (Å²) in [4.78, 5) is 0. The smallest absolute Gasteiger partial charge is 0.130 e. The van der Waals surface area contributed by atoms with E-state index in [-0.39, 0.29) is 5.41 Å². The summed E-state index contributed by atoms with van der Waals surface area (Å²) < 4.78 is 11.2. The third-order valence-corrected chi connectivity index (χ3v) is 4.92. The molecule has 3 rings (SSSR count). The van der Waals surface area contributed by atoms with Crippen LogP contribution in [0.2, 0.25) is 0 Å². The molecule has 0 saturated heterocycles. The van der Waals surface area contributed by atoms with Crippen LogP contribution in [0.1, 0.15) is 31.2 Å². The Kier molecular flexibility index (Phi) is 3.77. The molecule has 1 saturated carbocycles. The van der Waals surface area contributed by atoms with Crippen molar-refractivity contribution in [2.75, 3.05) is 20.8 Å². The first-order valence-corrected chi connectivity index (χ1v) is 7.60. The van der Waals surface area contributed by atoms with E-state index in [1.165, 1.54) is 18.4 Å². The molecule has 0 bridgehead atoms. The van der Waals surface area contributed by atoms with Crippen molar-refractivity contribution >= 4 is 10.8 Å². The van der Waals surface area contributed by atoms with Crippen LogP contribution < -0.4 is 15.2 Å². The van der Waals surface area contributed by atoms with Gasteiger partial charge in [0, 0.05) is 28.3 Å². The van der Waals surface area contributed by atoms with Crippen LogP contribution in [0.4, 0.5) is 0 Å². The van der Waals surface area contributed by atoms with Gasteiger partial charge in [-0.1, -0.05) is 37.1 Å². The van der Waals surface area contributed by atoms with Crippen LogP contribution in [-0.2, 0) is 5.41 Å². The largest absolute Gasteiger partial charge is 0.496 e. The molecular formula is C18H23NO2.